The predicted molar refractivity (Wildman–Crippen MR) is 95.4 cm³/mol. The van der Waals surface area contributed by atoms with E-state index in [-0.39, 0.29) is 0 Å². The van der Waals surface area contributed by atoms with Crippen molar-refractivity contribution in [3.05, 3.63) is 24.3 Å². The maximum absolute atomic E-state index is 3.77. The lowest BCUT2D eigenvalue weighted by atomic mass is 9.94. The summed E-state index contributed by atoms with van der Waals surface area (Å²) in [6.07, 6.45) is 3.43. The van der Waals surface area contributed by atoms with Gasteiger partial charge in [0.15, 0.2) is 0 Å². The van der Waals surface area contributed by atoms with Crippen LogP contribution in [0.15, 0.2) is 29.2 Å². The molecule has 3 heteroatoms. The van der Waals surface area contributed by atoms with E-state index in [1.807, 2.05) is 11.8 Å². The summed E-state index contributed by atoms with van der Waals surface area (Å²) >= 11 is 1.86. The molecule has 0 bridgehead atoms. The second-order valence-corrected chi connectivity index (χ2v) is 7.72. The van der Waals surface area contributed by atoms with Crippen LogP contribution in [-0.4, -0.2) is 31.4 Å². The highest BCUT2D eigenvalue weighted by atomic mass is 32.2. The maximum Gasteiger partial charge on any atom is 0.0507 e. The smallest absolute Gasteiger partial charge is 0.0507 e. The minimum atomic E-state index is 0.585. The first-order valence-electron chi connectivity index (χ1n) is 8.16. The second-order valence-electron chi connectivity index (χ2n) is 6.87. The Kier molecular flexibility index (Phi) is 6.00. The number of thioether (sulfide) groups is 1. The molecule has 0 radical (unpaired) electrons. The van der Waals surface area contributed by atoms with Crippen molar-refractivity contribution in [2.24, 2.45) is 11.8 Å². The molecule has 1 fully saturated rings. The van der Waals surface area contributed by atoms with Gasteiger partial charge in [-0.15, -0.1) is 11.8 Å². The minimum Gasteiger partial charge on any atom is -0.365 e. The van der Waals surface area contributed by atoms with Gasteiger partial charge in [-0.25, -0.2) is 0 Å². The lowest BCUT2D eigenvalue weighted by molar-refractivity contribution is 0.309. The Morgan fingerprint density at radius 3 is 2.57 bits per heavy atom. The number of benzene rings is 1. The molecule has 118 valence electrons. The van der Waals surface area contributed by atoms with Crippen LogP contribution in [0.4, 0.5) is 5.69 Å². The van der Waals surface area contributed by atoms with Crippen LogP contribution in [0.1, 0.15) is 34.1 Å². The van der Waals surface area contributed by atoms with Crippen LogP contribution in [0.25, 0.3) is 0 Å². The summed E-state index contributed by atoms with van der Waals surface area (Å²) in [4.78, 5) is 4.05. The Hall–Kier alpha value is -0.670. The molecule has 1 heterocycles. The zero-order chi connectivity index (χ0) is 15.4. The quantitative estimate of drug-likeness (QED) is 0.818. The topological polar surface area (TPSA) is 15.3 Å². The maximum atomic E-state index is 3.77. The van der Waals surface area contributed by atoms with Crippen molar-refractivity contribution in [3.63, 3.8) is 0 Å². The van der Waals surface area contributed by atoms with E-state index in [4.69, 9.17) is 0 Å². The standard InChI is InChI=1S/C18H30N2S/c1-13(2)10-15-12-20(17(11-19-15)14(3)4)16-8-6-7-9-18(16)21-5/h6-9,13-15,17,19H,10-12H2,1-5H3. The first-order chi connectivity index (χ1) is 10.0. The number of hydrogen-bond acceptors (Lipinski definition) is 3. The van der Waals surface area contributed by atoms with Crippen LogP contribution < -0.4 is 10.2 Å². The molecule has 1 N–H and O–H groups in total. The third kappa shape index (κ3) is 4.17. The first-order valence-corrected chi connectivity index (χ1v) is 9.38. The van der Waals surface area contributed by atoms with E-state index in [0.717, 1.165) is 19.0 Å². The van der Waals surface area contributed by atoms with Crippen LogP contribution in [0.2, 0.25) is 0 Å². The highest BCUT2D eigenvalue weighted by Crippen LogP contribution is 2.32. The van der Waals surface area contributed by atoms with E-state index < -0.39 is 0 Å². The normalized spacial score (nSPS) is 23.1. The molecule has 0 saturated carbocycles. The number of para-hydroxylation sites is 1. The highest BCUT2D eigenvalue weighted by Gasteiger charge is 2.31. The van der Waals surface area contributed by atoms with Gasteiger partial charge in [0.1, 0.15) is 0 Å². The molecule has 2 rings (SSSR count). The molecule has 1 aromatic rings. The van der Waals surface area contributed by atoms with E-state index in [9.17, 15) is 0 Å². The summed E-state index contributed by atoms with van der Waals surface area (Å²) in [6, 6.07) is 10.0. The molecule has 1 aliphatic heterocycles. The van der Waals surface area contributed by atoms with Gasteiger partial charge < -0.3 is 10.2 Å². The summed E-state index contributed by atoms with van der Waals surface area (Å²) in [7, 11) is 0. The number of piperazine rings is 1. The van der Waals surface area contributed by atoms with Gasteiger partial charge in [0.2, 0.25) is 0 Å². The number of rotatable bonds is 5. The fraction of sp³-hybridized carbons (Fsp3) is 0.667. The average Bonchev–Trinajstić information content (AvgIpc) is 2.46. The van der Waals surface area contributed by atoms with Crippen LogP contribution >= 0.6 is 11.8 Å². The molecule has 2 nitrogen and oxygen atoms in total. The summed E-state index contributed by atoms with van der Waals surface area (Å²) in [5.41, 5.74) is 1.42. The van der Waals surface area contributed by atoms with E-state index in [2.05, 4.69) is 68.4 Å². The molecule has 0 spiro atoms. The SMILES string of the molecule is CSc1ccccc1N1CC(CC(C)C)NCC1C(C)C. The fourth-order valence-electron chi connectivity index (χ4n) is 3.30. The zero-order valence-electron chi connectivity index (χ0n) is 14.1. The van der Waals surface area contributed by atoms with Gasteiger partial charge in [-0.3, -0.25) is 0 Å². The van der Waals surface area contributed by atoms with E-state index in [1.165, 1.54) is 17.0 Å². The fourth-order valence-corrected chi connectivity index (χ4v) is 3.91. The van der Waals surface area contributed by atoms with Gasteiger partial charge in [0.25, 0.3) is 0 Å². The van der Waals surface area contributed by atoms with E-state index in [0.29, 0.717) is 18.0 Å². The number of nitrogens with zero attached hydrogens (tertiary/aromatic N) is 1. The van der Waals surface area contributed by atoms with Crippen molar-refractivity contribution >= 4 is 17.4 Å². The molecule has 2 atom stereocenters. The van der Waals surface area contributed by atoms with Gasteiger partial charge in [-0.2, -0.15) is 0 Å². The zero-order valence-corrected chi connectivity index (χ0v) is 14.9. The van der Waals surface area contributed by atoms with Crippen LogP contribution in [0.3, 0.4) is 0 Å². The van der Waals surface area contributed by atoms with Crippen molar-refractivity contribution in [2.75, 3.05) is 24.2 Å². The Morgan fingerprint density at radius 2 is 1.95 bits per heavy atom. The molecule has 1 saturated heterocycles. The second kappa shape index (κ2) is 7.55. The highest BCUT2D eigenvalue weighted by molar-refractivity contribution is 7.98. The van der Waals surface area contributed by atoms with Crippen LogP contribution in [-0.2, 0) is 0 Å². The molecule has 0 aliphatic carbocycles. The summed E-state index contributed by atoms with van der Waals surface area (Å²) in [5.74, 6) is 1.41. The molecule has 21 heavy (non-hydrogen) atoms. The molecular formula is C18H30N2S. The van der Waals surface area contributed by atoms with Gasteiger partial charge >= 0.3 is 0 Å². The average molecular weight is 307 g/mol. The van der Waals surface area contributed by atoms with Gasteiger partial charge in [-0.1, -0.05) is 39.8 Å². The third-order valence-electron chi connectivity index (χ3n) is 4.35. The number of nitrogens with one attached hydrogen (secondary N) is 1. The Morgan fingerprint density at radius 1 is 1.24 bits per heavy atom. The number of anilines is 1. The summed E-state index contributed by atoms with van der Waals surface area (Å²) in [5, 5.41) is 3.77. The van der Waals surface area contributed by atoms with Crippen molar-refractivity contribution in [1.82, 2.24) is 5.32 Å². The van der Waals surface area contributed by atoms with E-state index in [1.54, 1.807) is 0 Å². The van der Waals surface area contributed by atoms with Crippen molar-refractivity contribution in [1.29, 1.82) is 0 Å². The lowest BCUT2D eigenvalue weighted by Crippen LogP contribution is -2.58. The van der Waals surface area contributed by atoms with Crippen LogP contribution in [0.5, 0.6) is 0 Å². The largest absolute Gasteiger partial charge is 0.365 e. The summed E-state index contributed by atoms with van der Waals surface area (Å²) < 4.78 is 0. The van der Waals surface area contributed by atoms with Crippen LogP contribution in [0, 0.1) is 11.8 Å². The van der Waals surface area contributed by atoms with Crippen molar-refractivity contribution in [2.45, 2.75) is 51.1 Å². The monoisotopic (exact) mass is 306 g/mol. The minimum absolute atomic E-state index is 0.585. The lowest BCUT2D eigenvalue weighted by Gasteiger charge is -2.45. The van der Waals surface area contributed by atoms with Crippen molar-refractivity contribution < 1.29 is 0 Å². The molecule has 1 aliphatic rings. The molecule has 2 unspecified atom stereocenters. The Balaban J connectivity index is 2.25. The molecular weight excluding hydrogens is 276 g/mol. The Bertz CT molecular complexity index is 445. The van der Waals surface area contributed by atoms with E-state index >= 15 is 0 Å². The molecule has 0 aromatic heterocycles. The third-order valence-corrected chi connectivity index (χ3v) is 5.14. The van der Waals surface area contributed by atoms with Gasteiger partial charge in [-0.05, 0) is 36.6 Å². The molecule has 0 amide bonds. The predicted octanol–water partition coefficient (Wildman–Crippen LogP) is 4.26. The van der Waals surface area contributed by atoms with Gasteiger partial charge in [0.05, 0.1) is 5.69 Å². The Labute approximate surface area is 134 Å². The molecule has 1 aromatic carbocycles. The van der Waals surface area contributed by atoms with Gasteiger partial charge in [0, 0.05) is 30.1 Å². The first kappa shape index (κ1) is 16.7. The van der Waals surface area contributed by atoms with Crippen molar-refractivity contribution in [3.8, 4) is 0 Å². The summed E-state index contributed by atoms with van der Waals surface area (Å²) in [6.45, 7) is 11.5. The number of hydrogen-bond donors (Lipinski definition) is 1.